The molecule has 212 valence electrons. The molecule has 15 heteroatoms. The van der Waals surface area contributed by atoms with Crippen LogP contribution in [0, 0.1) is 5.41 Å². The highest BCUT2D eigenvalue weighted by molar-refractivity contribution is 5.73. The van der Waals surface area contributed by atoms with Crippen molar-refractivity contribution in [2.24, 2.45) is 12.5 Å². The first-order valence-corrected chi connectivity index (χ1v) is 11.5. The summed E-state index contributed by atoms with van der Waals surface area (Å²) >= 11 is 0. The molecule has 9 nitrogen and oxygen atoms in total. The molecule has 0 aliphatic carbocycles. The zero-order valence-electron chi connectivity index (χ0n) is 20.5. The molecule has 0 amide bonds. The van der Waals surface area contributed by atoms with Crippen LogP contribution >= 0.6 is 0 Å². The maximum Gasteiger partial charge on any atom is 0.490 e. The summed E-state index contributed by atoms with van der Waals surface area (Å²) in [6, 6.07) is 4.23. The van der Waals surface area contributed by atoms with Crippen molar-refractivity contribution in [1.82, 2.24) is 24.6 Å². The molecule has 38 heavy (non-hydrogen) atoms. The standard InChI is InChI=1S/C19H27N5.2C2HF3O2/c1-22-13-18(12-21-22)15-23-8-4-19(5-9-23)6-10-24(16-19)14-17-3-2-7-20-11-17;2*3-2(4,5)1(6)7/h2-3,7,11-13H,4-6,8-10,14-16H2,1H3;2*(H,6,7). The molecule has 2 aliphatic rings. The maximum atomic E-state index is 10.6. The average Bonchev–Trinajstić information content (AvgIpc) is 3.41. The third-order valence-corrected chi connectivity index (χ3v) is 6.21. The second-order valence-corrected chi connectivity index (χ2v) is 9.23. The highest BCUT2D eigenvalue weighted by Gasteiger charge is 2.40. The monoisotopic (exact) mass is 553 g/mol. The van der Waals surface area contributed by atoms with Crippen molar-refractivity contribution in [3.8, 4) is 0 Å². The van der Waals surface area contributed by atoms with Crippen molar-refractivity contribution >= 4 is 11.9 Å². The molecule has 2 saturated heterocycles. The number of carboxylic acids is 2. The number of piperidine rings is 1. The molecule has 2 aliphatic heterocycles. The fourth-order valence-electron chi connectivity index (χ4n) is 4.32. The van der Waals surface area contributed by atoms with Gasteiger partial charge in [-0.25, -0.2) is 9.59 Å². The van der Waals surface area contributed by atoms with Crippen molar-refractivity contribution in [3.63, 3.8) is 0 Å². The number of likely N-dealkylation sites (tertiary alicyclic amines) is 2. The molecule has 0 unspecified atom stereocenters. The number of aryl methyl sites for hydroxylation is 1. The van der Waals surface area contributed by atoms with E-state index in [1.807, 2.05) is 36.4 Å². The Bertz CT molecular complexity index is 1010. The van der Waals surface area contributed by atoms with Crippen LogP contribution in [0.2, 0.25) is 0 Å². The number of aromatic nitrogens is 3. The predicted octanol–water partition coefficient (Wildman–Crippen LogP) is 3.57. The van der Waals surface area contributed by atoms with E-state index in [1.54, 1.807) is 0 Å². The lowest BCUT2D eigenvalue weighted by Gasteiger charge is -2.39. The summed E-state index contributed by atoms with van der Waals surface area (Å²) in [5, 5.41) is 18.5. The number of halogens is 6. The van der Waals surface area contributed by atoms with Crippen LogP contribution in [0.15, 0.2) is 36.9 Å². The van der Waals surface area contributed by atoms with Gasteiger partial charge in [-0.1, -0.05) is 6.07 Å². The zero-order chi connectivity index (χ0) is 28.6. The number of carboxylic acid groups (broad SMARTS) is 2. The van der Waals surface area contributed by atoms with Crippen LogP contribution in [0.5, 0.6) is 0 Å². The van der Waals surface area contributed by atoms with E-state index in [1.165, 1.54) is 56.6 Å². The van der Waals surface area contributed by atoms with Gasteiger partial charge in [0.2, 0.25) is 0 Å². The van der Waals surface area contributed by atoms with Gasteiger partial charge in [-0.15, -0.1) is 0 Å². The minimum Gasteiger partial charge on any atom is -0.475 e. The van der Waals surface area contributed by atoms with Crippen LogP contribution in [-0.2, 0) is 29.7 Å². The van der Waals surface area contributed by atoms with E-state index in [2.05, 4.69) is 32.1 Å². The smallest absolute Gasteiger partial charge is 0.475 e. The highest BCUT2D eigenvalue weighted by atomic mass is 19.4. The fraction of sp³-hybridized carbons (Fsp3) is 0.565. The molecule has 4 rings (SSSR count). The van der Waals surface area contributed by atoms with Crippen molar-refractivity contribution in [2.75, 3.05) is 26.2 Å². The van der Waals surface area contributed by atoms with Crippen LogP contribution in [0.1, 0.15) is 30.4 Å². The SMILES string of the molecule is Cn1cc(CN2CCC3(CC2)CCN(Cc2cccnc2)C3)cn1.O=C(O)C(F)(F)F.O=C(O)C(F)(F)F. The van der Waals surface area contributed by atoms with Crippen LogP contribution in [-0.4, -0.2) is 85.2 Å². The van der Waals surface area contributed by atoms with Gasteiger partial charge in [-0.05, 0) is 55.9 Å². The fourth-order valence-corrected chi connectivity index (χ4v) is 4.32. The Balaban J connectivity index is 0.000000301. The third-order valence-electron chi connectivity index (χ3n) is 6.21. The molecule has 4 heterocycles. The van der Waals surface area contributed by atoms with Crippen LogP contribution in [0.4, 0.5) is 26.3 Å². The van der Waals surface area contributed by atoms with E-state index in [0.717, 1.165) is 13.1 Å². The Labute approximate surface area is 214 Å². The van der Waals surface area contributed by atoms with Gasteiger partial charge in [0, 0.05) is 50.8 Å². The number of rotatable bonds is 4. The quantitative estimate of drug-likeness (QED) is 0.553. The summed E-state index contributed by atoms with van der Waals surface area (Å²) in [6.45, 7) is 7.02. The maximum absolute atomic E-state index is 10.6. The van der Waals surface area contributed by atoms with Gasteiger partial charge >= 0.3 is 24.3 Å². The first-order chi connectivity index (χ1) is 17.6. The topological polar surface area (TPSA) is 112 Å². The van der Waals surface area contributed by atoms with Crippen molar-refractivity contribution in [3.05, 3.63) is 48.0 Å². The second kappa shape index (κ2) is 13.0. The first-order valence-electron chi connectivity index (χ1n) is 11.5. The molecule has 0 aromatic carbocycles. The number of alkyl halides is 6. The highest BCUT2D eigenvalue weighted by Crippen LogP contribution is 2.41. The molecule has 0 bridgehead atoms. The molecular weight excluding hydrogens is 524 g/mol. The van der Waals surface area contributed by atoms with Gasteiger partial charge in [-0.2, -0.15) is 31.4 Å². The van der Waals surface area contributed by atoms with Crippen LogP contribution < -0.4 is 0 Å². The minimum atomic E-state index is -5.08. The molecule has 0 atom stereocenters. The largest absolute Gasteiger partial charge is 0.490 e. The Morgan fingerprint density at radius 3 is 1.82 bits per heavy atom. The zero-order valence-corrected chi connectivity index (χ0v) is 20.5. The van der Waals surface area contributed by atoms with Gasteiger partial charge in [0.15, 0.2) is 0 Å². The Hall–Kier alpha value is -3.20. The summed E-state index contributed by atoms with van der Waals surface area (Å²) in [5.74, 6) is -5.51. The lowest BCUT2D eigenvalue weighted by atomic mass is 9.77. The summed E-state index contributed by atoms with van der Waals surface area (Å²) in [6.07, 6.45) is 1.83. The molecule has 0 saturated carbocycles. The molecule has 2 aromatic rings. The third kappa shape index (κ3) is 10.3. The predicted molar refractivity (Wildman–Crippen MR) is 122 cm³/mol. The number of aliphatic carboxylic acids is 2. The van der Waals surface area contributed by atoms with E-state index in [-0.39, 0.29) is 0 Å². The number of carbonyl (C=O) groups is 2. The van der Waals surface area contributed by atoms with Crippen LogP contribution in [0.3, 0.4) is 0 Å². The van der Waals surface area contributed by atoms with Gasteiger partial charge in [0.1, 0.15) is 0 Å². The summed E-state index contributed by atoms with van der Waals surface area (Å²) in [4.78, 5) is 27.2. The van der Waals surface area contributed by atoms with E-state index in [4.69, 9.17) is 19.8 Å². The molecule has 0 radical (unpaired) electrons. The Morgan fingerprint density at radius 1 is 0.895 bits per heavy atom. The van der Waals surface area contributed by atoms with Crippen molar-refractivity contribution < 1.29 is 46.1 Å². The summed E-state index contributed by atoms with van der Waals surface area (Å²) in [5.41, 5.74) is 3.22. The lowest BCUT2D eigenvalue weighted by Crippen LogP contribution is -2.41. The summed E-state index contributed by atoms with van der Waals surface area (Å²) in [7, 11) is 1.99. The first kappa shape index (κ1) is 31.0. The number of nitrogens with zero attached hydrogens (tertiary/aromatic N) is 5. The molecule has 1 spiro atoms. The van der Waals surface area contributed by atoms with E-state index >= 15 is 0 Å². The van der Waals surface area contributed by atoms with Crippen molar-refractivity contribution in [2.45, 2.75) is 44.7 Å². The van der Waals surface area contributed by atoms with Gasteiger partial charge in [0.05, 0.1) is 6.20 Å². The number of hydrogen-bond acceptors (Lipinski definition) is 6. The Kier molecular flexibility index (Phi) is 10.6. The van der Waals surface area contributed by atoms with Gasteiger partial charge in [0.25, 0.3) is 0 Å². The average molecular weight is 554 g/mol. The molecule has 2 N–H and O–H groups in total. The lowest BCUT2D eigenvalue weighted by molar-refractivity contribution is -0.193. The molecule has 2 fully saturated rings. The van der Waals surface area contributed by atoms with Crippen molar-refractivity contribution in [1.29, 1.82) is 0 Å². The molecule has 2 aromatic heterocycles. The van der Waals surface area contributed by atoms with E-state index in [9.17, 15) is 26.3 Å². The van der Waals surface area contributed by atoms with Crippen LogP contribution in [0.25, 0.3) is 0 Å². The van der Waals surface area contributed by atoms with E-state index < -0.39 is 24.3 Å². The van der Waals surface area contributed by atoms with E-state index in [0.29, 0.717) is 5.41 Å². The summed E-state index contributed by atoms with van der Waals surface area (Å²) < 4.78 is 65.4. The normalized spacial score (nSPS) is 17.8. The van der Waals surface area contributed by atoms with Gasteiger partial charge < -0.3 is 10.2 Å². The minimum absolute atomic E-state index is 0.549. The Morgan fingerprint density at radius 2 is 1.39 bits per heavy atom. The number of pyridine rings is 1. The van der Waals surface area contributed by atoms with Gasteiger partial charge in [-0.3, -0.25) is 19.5 Å². The number of hydrogen-bond donors (Lipinski definition) is 2. The second-order valence-electron chi connectivity index (χ2n) is 9.23. The molecular formula is C23H29F6N5O4.